The highest BCUT2D eigenvalue weighted by atomic mass is 16.4. The van der Waals surface area contributed by atoms with Gasteiger partial charge in [0.1, 0.15) is 5.84 Å². The van der Waals surface area contributed by atoms with Gasteiger partial charge in [-0.05, 0) is 18.3 Å². The van der Waals surface area contributed by atoms with Crippen molar-refractivity contribution in [2.24, 2.45) is 17.0 Å². The normalized spacial score (nSPS) is 37.3. The number of hydrogen-bond donors (Lipinski definition) is 1. The highest BCUT2D eigenvalue weighted by Gasteiger charge is 2.36. The molecule has 66 valence electrons. The third kappa shape index (κ3) is 1.00. The molecule has 3 heterocycles. The monoisotopic (exact) mass is 166 g/mol. The van der Waals surface area contributed by atoms with E-state index in [1.54, 1.807) is 0 Å². The predicted octanol–water partition coefficient (Wildman–Crippen LogP) is 1.30. The second kappa shape index (κ2) is 2.81. The molecule has 2 atom stereocenters. The second-order valence-corrected chi connectivity index (χ2v) is 3.61. The van der Waals surface area contributed by atoms with E-state index in [0.717, 1.165) is 25.3 Å². The Balaban J connectivity index is 2.16. The van der Waals surface area contributed by atoms with Gasteiger partial charge in [-0.2, -0.15) is 0 Å². The summed E-state index contributed by atoms with van der Waals surface area (Å²) in [5.74, 6) is 2.13. The summed E-state index contributed by atoms with van der Waals surface area (Å²) < 4.78 is 0. The number of piperidine rings is 3. The fourth-order valence-electron chi connectivity index (χ4n) is 2.25. The lowest BCUT2D eigenvalue weighted by Gasteiger charge is -2.44. The minimum Gasteiger partial charge on any atom is -0.409 e. The predicted molar refractivity (Wildman–Crippen MR) is 47.2 cm³/mol. The van der Waals surface area contributed by atoms with Crippen LogP contribution in [-0.2, 0) is 0 Å². The van der Waals surface area contributed by atoms with E-state index in [2.05, 4.69) is 16.6 Å². The van der Waals surface area contributed by atoms with Crippen molar-refractivity contribution >= 4 is 5.84 Å². The molecule has 0 saturated carbocycles. The second-order valence-electron chi connectivity index (χ2n) is 3.61. The molecule has 0 radical (unpaired) electrons. The number of hydrogen-bond acceptors (Lipinski definition) is 2. The lowest BCUT2D eigenvalue weighted by atomic mass is 9.79. The van der Waals surface area contributed by atoms with Gasteiger partial charge in [-0.3, -0.25) is 0 Å². The van der Waals surface area contributed by atoms with Crippen LogP contribution in [-0.4, -0.2) is 29.0 Å². The molecule has 3 heteroatoms. The van der Waals surface area contributed by atoms with E-state index in [1.807, 2.05) is 6.08 Å². The van der Waals surface area contributed by atoms with Crippen molar-refractivity contribution in [1.82, 2.24) is 4.90 Å². The Labute approximate surface area is 72.4 Å². The average Bonchev–Trinajstić information content (AvgIpc) is 2.18. The van der Waals surface area contributed by atoms with E-state index in [1.165, 1.54) is 6.42 Å². The fraction of sp³-hybridized carbons (Fsp3) is 0.667. The van der Waals surface area contributed by atoms with Gasteiger partial charge in [-0.15, -0.1) is 6.58 Å². The number of rotatable bonds is 1. The molecule has 2 unspecified atom stereocenters. The van der Waals surface area contributed by atoms with E-state index in [-0.39, 0.29) is 0 Å². The van der Waals surface area contributed by atoms with Crippen LogP contribution in [0.25, 0.3) is 0 Å². The Morgan fingerprint density at radius 1 is 1.67 bits per heavy atom. The molecule has 0 spiro atoms. The van der Waals surface area contributed by atoms with Crippen molar-refractivity contribution in [2.45, 2.75) is 12.8 Å². The molecule has 2 bridgehead atoms. The summed E-state index contributed by atoms with van der Waals surface area (Å²) in [5, 5.41) is 12.0. The van der Waals surface area contributed by atoms with E-state index in [0.29, 0.717) is 11.8 Å². The highest BCUT2D eigenvalue weighted by Crippen LogP contribution is 2.33. The van der Waals surface area contributed by atoms with Gasteiger partial charge in [0.25, 0.3) is 0 Å². The van der Waals surface area contributed by atoms with Crippen LogP contribution in [0.5, 0.6) is 0 Å². The quantitative estimate of drug-likeness (QED) is 0.362. The third-order valence-corrected chi connectivity index (χ3v) is 3.03. The largest absolute Gasteiger partial charge is 0.409 e. The van der Waals surface area contributed by atoms with E-state index >= 15 is 0 Å². The smallest absolute Gasteiger partial charge is 0.144 e. The first-order valence-electron chi connectivity index (χ1n) is 4.43. The molecule has 0 aliphatic carbocycles. The molecule has 0 amide bonds. The Bertz CT molecular complexity index is 225. The van der Waals surface area contributed by atoms with Crippen molar-refractivity contribution in [2.75, 3.05) is 13.1 Å². The summed E-state index contributed by atoms with van der Waals surface area (Å²) >= 11 is 0. The van der Waals surface area contributed by atoms with Crippen LogP contribution in [0.1, 0.15) is 12.8 Å². The molecule has 3 fully saturated rings. The van der Waals surface area contributed by atoms with Gasteiger partial charge in [0.05, 0.1) is 0 Å². The van der Waals surface area contributed by atoms with Gasteiger partial charge in [-0.25, -0.2) is 0 Å². The first-order valence-corrected chi connectivity index (χ1v) is 4.43. The summed E-state index contributed by atoms with van der Waals surface area (Å²) in [5.41, 5.74) is 0. The standard InChI is InChI=1S/C9H14N2O/c1-2-7-6-11-4-3-8(7)5-9(11)10-12/h2,7-8,12H,1,3-6H2/b10-9-. The fourth-order valence-corrected chi connectivity index (χ4v) is 2.25. The molecule has 1 N–H and O–H groups in total. The van der Waals surface area contributed by atoms with Gasteiger partial charge >= 0.3 is 0 Å². The maximum Gasteiger partial charge on any atom is 0.144 e. The molecule has 3 saturated heterocycles. The Morgan fingerprint density at radius 2 is 2.50 bits per heavy atom. The van der Waals surface area contributed by atoms with E-state index in [4.69, 9.17) is 5.21 Å². The summed E-state index contributed by atoms with van der Waals surface area (Å²) in [6, 6.07) is 0. The molecule has 3 aliphatic heterocycles. The van der Waals surface area contributed by atoms with Crippen LogP contribution >= 0.6 is 0 Å². The Kier molecular flexibility index (Phi) is 1.79. The van der Waals surface area contributed by atoms with Crippen LogP contribution in [0.2, 0.25) is 0 Å². The third-order valence-electron chi connectivity index (χ3n) is 3.03. The van der Waals surface area contributed by atoms with E-state index in [9.17, 15) is 0 Å². The number of nitrogens with zero attached hydrogens (tertiary/aromatic N) is 2. The lowest BCUT2D eigenvalue weighted by Crippen LogP contribution is -2.50. The minimum atomic E-state index is 0.601. The van der Waals surface area contributed by atoms with Crippen molar-refractivity contribution in [3.05, 3.63) is 12.7 Å². The number of amidine groups is 1. The lowest BCUT2D eigenvalue weighted by molar-refractivity contribution is 0.161. The zero-order chi connectivity index (χ0) is 8.55. The van der Waals surface area contributed by atoms with Gasteiger partial charge in [0, 0.05) is 19.5 Å². The zero-order valence-corrected chi connectivity index (χ0v) is 7.11. The molecule has 0 aromatic carbocycles. The molecule has 12 heavy (non-hydrogen) atoms. The molecule has 3 aliphatic rings. The zero-order valence-electron chi connectivity index (χ0n) is 7.11. The van der Waals surface area contributed by atoms with Crippen molar-refractivity contribution in [1.29, 1.82) is 0 Å². The topological polar surface area (TPSA) is 35.8 Å². The van der Waals surface area contributed by atoms with Crippen molar-refractivity contribution in [3.8, 4) is 0 Å². The first-order chi connectivity index (χ1) is 5.85. The van der Waals surface area contributed by atoms with Crippen molar-refractivity contribution < 1.29 is 5.21 Å². The van der Waals surface area contributed by atoms with Crippen LogP contribution in [0.3, 0.4) is 0 Å². The van der Waals surface area contributed by atoms with Crippen LogP contribution in [0, 0.1) is 11.8 Å². The maximum absolute atomic E-state index is 8.69. The highest BCUT2D eigenvalue weighted by molar-refractivity contribution is 5.83. The van der Waals surface area contributed by atoms with Gasteiger partial charge in [-0.1, -0.05) is 11.2 Å². The Hall–Kier alpha value is -0.990. The minimum absolute atomic E-state index is 0.601. The molecular weight excluding hydrogens is 152 g/mol. The first kappa shape index (κ1) is 7.65. The van der Waals surface area contributed by atoms with Gasteiger partial charge in [0.15, 0.2) is 0 Å². The molecule has 3 nitrogen and oxygen atoms in total. The van der Waals surface area contributed by atoms with Crippen LogP contribution < -0.4 is 0 Å². The molecular formula is C9H14N2O. The van der Waals surface area contributed by atoms with Gasteiger partial charge in [0.2, 0.25) is 0 Å². The maximum atomic E-state index is 8.69. The van der Waals surface area contributed by atoms with E-state index < -0.39 is 0 Å². The van der Waals surface area contributed by atoms with Crippen LogP contribution in [0.15, 0.2) is 17.8 Å². The number of oxime groups is 1. The number of fused-ring (bicyclic) bond motifs is 3. The van der Waals surface area contributed by atoms with Gasteiger partial charge < -0.3 is 10.1 Å². The summed E-state index contributed by atoms with van der Waals surface area (Å²) in [6.07, 6.45) is 4.17. The van der Waals surface area contributed by atoms with Crippen molar-refractivity contribution in [3.63, 3.8) is 0 Å². The average molecular weight is 166 g/mol. The molecule has 3 rings (SSSR count). The van der Waals surface area contributed by atoms with Crippen LogP contribution in [0.4, 0.5) is 0 Å². The SMILES string of the molecule is C=CC1CN2CCC1C/C2=N/O. The molecule has 0 aromatic heterocycles. The summed E-state index contributed by atoms with van der Waals surface area (Å²) in [4.78, 5) is 2.16. The molecule has 0 aromatic rings. The Morgan fingerprint density at radius 3 is 3.00 bits per heavy atom. The summed E-state index contributed by atoms with van der Waals surface area (Å²) in [7, 11) is 0. The summed E-state index contributed by atoms with van der Waals surface area (Å²) in [6.45, 7) is 5.87.